The molecule has 2 saturated carbocycles. The number of carbonyl (C=O) groups is 3. The highest BCUT2D eigenvalue weighted by Crippen LogP contribution is 2.65. The quantitative estimate of drug-likeness (QED) is 0.177. The van der Waals surface area contributed by atoms with Gasteiger partial charge in [0.1, 0.15) is 30.5 Å². The third-order valence-electron chi connectivity index (χ3n) is 10.4. The summed E-state index contributed by atoms with van der Waals surface area (Å²) >= 11 is 0. The van der Waals surface area contributed by atoms with E-state index in [0.717, 1.165) is 13.8 Å². The van der Waals surface area contributed by atoms with Crippen LogP contribution in [-0.2, 0) is 28.5 Å². The monoisotopic (exact) mass is 604 g/mol. The Morgan fingerprint density at radius 1 is 1.02 bits per heavy atom. The van der Waals surface area contributed by atoms with Gasteiger partial charge in [-0.15, -0.1) is 0 Å². The van der Waals surface area contributed by atoms with Crippen LogP contribution in [0.15, 0.2) is 41.5 Å². The van der Waals surface area contributed by atoms with Crippen LogP contribution in [0.2, 0.25) is 0 Å². The van der Waals surface area contributed by atoms with Gasteiger partial charge in [0.2, 0.25) is 0 Å². The summed E-state index contributed by atoms with van der Waals surface area (Å²) in [5.74, 6) is -3.88. The fourth-order valence-electron chi connectivity index (χ4n) is 8.18. The van der Waals surface area contributed by atoms with Crippen molar-refractivity contribution >= 4 is 17.9 Å². The molecule has 3 fully saturated rings. The third-order valence-corrected chi connectivity index (χ3v) is 10.4. The maximum absolute atomic E-state index is 13.8. The van der Waals surface area contributed by atoms with E-state index >= 15 is 0 Å². The summed E-state index contributed by atoms with van der Waals surface area (Å²) in [6.07, 6.45) is -9.82. The summed E-state index contributed by atoms with van der Waals surface area (Å²) in [4.78, 5) is 38.6. The molecule has 0 radical (unpaired) electrons. The van der Waals surface area contributed by atoms with E-state index in [2.05, 4.69) is 0 Å². The molecule has 12 heteroatoms. The second-order valence-corrected chi connectivity index (χ2v) is 12.9. The first kappa shape index (κ1) is 31.6. The maximum atomic E-state index is 13.8. The predicted octanol–water partition coefficient (Wildman–Crippen LogP) is 0.417. The first-order valence-corrected chi connectivity index (χ1v) is 14.4. The molecular weight excluding hydrogens is 564 g/mol. The minimum absolute atomic E-state index is 0.0865. The Labute approximate surface area is 249 Å². The van der Waals surface area contributed by atoms with Crippen LogP contribution in [-0.4, -0.2) is 104 Å². The van der Waals surface area contributed by atoms with Crippen molar-refractivity contribution < 1.29 is 58.9 Å². The highest BCUT2D eigenvalue weighted by molar-refractivity contribution is 5.89. The summed E-state index contributed by atoms with van der Waals surface area (Å²) in [5.41, 5.74) is -6.88. The molecule has 236 valence electrons. The maximum Gasteiger partial charge on any atom is 0.338 e. The smallest absolute Gasteiger partial charge is 0.338 e. The Kier molecular flexibility index (Phi) is 7.81. The number of hydrogen-bond donors (Lipinski definition) is 5. The van der Waals surface area contributed by atoms with Crippen LogP contribution in [0.4, 0.5) is 0 Å². The molecule has 10 atom stereocenters. The van der Waals surface area contributed by atoms with Gasteiger partial charge in [0.05, 0.1) is 41.8 Å². The van der Waals surface area contributed by atoms with Crippen molar-refractivity contribution in [1.82, 2.24) is 0 Å². The summed E-state index contributed by atoms with van der Waals surface area (Å²) in [6.45, 7) is 6.10. The molecule has 2 bridgehead atoms. The highest BCUT2D eigenvalue weighted by atomic mass is 16.6. The zero-order valence-electron chi connectivity index (χ0n) is 24.9. The van der Waals surface area contributed by atoms with Crippen LogP contribution < -0.4 is 0 Å². The molecule has 1 heterocycles. The minimum atomic E-state index is -2.18. The van der Waals surface area contributed by atoms with Crippen LogP contribution in [0.5, 0.6) is 0 Å². The largest absolute Gasteiger partial charge is 0.465 e. The number of aliphatic hydroxyl groups is 5. The predicted molar refractivity (Wildman–Crippen MR) is 147 cm³/mol. The van der Waals surface area contributed by atoms with Crippen LogP contribution >= 0.6 is 0 Å². The number of aliphatic hydroxyl groups excluding tert-OH is 4. The summed E-state index contributed by atoms with van der Waals surface area (Å²) in [7, 11) is 0. The molecule has 12 nitrogen and oxygen atoms in total. The number of ether oxygens (including phenoxy) is 4. The lowest BCUT2D eigenvalue weighted by atomic mass is 9.44. The summed E-state index contributed by atoms with van der Waals surface area (Å²) in [5, 5.41) is 59.9. The standard InChI is InChI=1S/C31H40O12/c1-15-19(34)12-31(39)26(42-27(38)18-9-7-6-8-10-18)24-29(13-40-16(2)32,25(37)23(36)22(15)28(31,4)5)20(35)11-21-30(24,14-41-21)43-17(3)33/h6-10,19-21,23-26,34-37,39H,11-14H2,1-5H3. The Balaban J connectivity index is 1.85. The Morgan fingerprint density at radius 2 is 1.67 bits per heavy atom. The van der Waals surface area contributed by atoms with Crippen LogP contribution in [0.3, 0.4) is 0 Å². The normalized spacial score (nSPS) is 41.4. The van der Waals surface area contributed by atoms with Gasteiger partial charge in [-0.3, -0.25) is 9.59 Å². The number of rotatable bonds is 5. The fourth-order valence-corrected chi connectivity index (χ4v) is 8.18. The molecule has 5 N–H and O–H groups in total. The van der Waals surface area contributed by atoms with Crippen molar-refractivity contribution in [1.29, 1.82) is 0 Å². The van der Waals surface area contributed by atoms with Crippen molar-refractivity contribution in [3.8, 4) is 0 Å². The van der Waals surface area contributed by atoms with Gasteiger partial charge in [-0.25, -0.2) is 4.79 Å². The van der Waals surface area contributed by atoms with E-state index in [0.29, 0.717) is 5.57 Å². The molecule has 43 heavy (non-hydrogen) atoms. The minimum Gasteiger partial charge on any atom is -0.465 e. The fraction of sp³-hybridized carbons (Fsp3) is 0.645. The van der Waals surface area contributed by atoms with E-state index in [4.69, 9.17) is 18.9 Å². The SMILES string of the molecule is CC(=O)OCC12C(O)CC3OCC3(OC(C)=O)C1C(OC(=O)c1ccccc1)C1(O)CC(O)C(C)=C(C(O)C2O)C1(C)C. The van der Waals surface area contributed by atoms with Crippen LogP contribution in [0.1, 0.15) is 57.8 Å². The summed E-state index contributed by atoms with van der Waals surface area (Å²) < 4.78 is 23.3. The average Bonchev–Trinajstić information content (AvgIpc) is 2.93. The number of benzene rings is 1. The molecule has 3 aliphatic carbocycles. The lowest BCUT2D eigenvalue weighted by molar-refractivity contribution is -0.371. The van der Waals surface area contributed by atoms with Gasteiger partial charge < -0.3 is 44.5 Å². The Bertz CT molecular complexity index is 1330. The van der Waals surface area contributed by atoms with Gasteiger partial charge in [-0.05, 0) is 30.2 Å². The molecule has 4 aliphatic rings. The second-order valence-electron chi connectivity index (χ2n) is 12.9. The molecule has 1 aliphatic heterocycles. The Hall–Kier alpha value is -2.87. The van der Waals surface area contributed by atoms with E-state index in [1.54, 1.807) is 39.0 Å². The third kappa shape index (κ3) is 4.45. The van der Waals surface area contributed by atoms with Gasteiger partial charge in [-0.2, -0.15) is 0 Å². The zero-order valence-corrected chi connectivity index (χ0v) is 24.9. The lowest BCUT2D eigenvalue weighted by Gasteiger charge is -2.69. The molecule has 5 rings (SSSR count). The van der Waals surface area contributed by atoms with Gasteiger partial charge in [0.25, 0.3) is 0 Å². The number of hydrogen-bond acceptors (Lipinski definition) is 12. The van der Waals surface area contributed by atoms with Gasteiger partial charge >= 0.3 is 17.9 Å². The lowest BCUT2D eigenvalue weighted by Crippen LogP contribution is -2.83. The zero-order chi connectivity index (χ0) is 31.7. The van der Waals surface area contributed by atoms with Gasteiger partial charge in [0.15, 0.2) is 5.60 Å². The highest BCUT2D eigenvalue weighted by Gasteiger charge is 2.79. The number of esters is 3. The van der Waals surface area contributed by atoms with E-state index in [1.807, 2.05) is 0 Å². The first-order valence-electron chi connectivity index (χ1n) is 14.4. The van der Waals surface area contributed by atoms with Crippen LogP contribution in [0, 0.1) is 16.7 Å². The van der Waals surface area contributed by atoms with Crippen molar-refractivity contribution in [2.24, 2.45) is 16.7 Å². The van der Waals surface area contributed by atoms with E-state index < -0.39 is 89.1 Å². The van der Waals surface area contributed by atoms with Crippen molar-refractivity contribution in [3.05, 3.63) is 47.0 Å². The molecular formula is C31H40O12. The van der Waals surface area contributed by atoms with E-state index in [9.17, 15) is 39.9 Å². The first-order chi connectivity index (χ1) is 20.0. The molecule has 0 spiro atoms. The molecule has 10 unspecified atom stereocenters. The summed E-state index contributed by atoms with van der Waals surface area (Å²) in [6, 6.07) is 7.94. The molecule has 1 aromatic rings. The molecule has 0 aromatic heterocycles. The van der Waals surface area contributed by atoms with Crippen molar-refractivity contribution in [3.63, 3.8) is 0 Å². The van der Waals surface area contributed by atoms with Gasteiger partial charge in [0, 0.05) is 32.1 Å². The van der Waals surface area contributed by atoms with Gasteiger partial charge in [-0.1, -0.05) is 32.0 Å². The van der Waals surface area contributed by atoms with E-state index in [1.165, 1.54) is 12.1 Å². The van der Waals surface area contributed by atoms with Crippen molar-refractivity contribution in [2.75, 3.05) is 13.2 Å². The average molecular weight is 605 g/mol. The Morgan fingerprint density at radius 3 is 2.23 bits per heavy atom. The number of carbonyl (C=O) groups excluding carboxylic acids is 3. The second kappa shape index (κ2) is 10.6. The van der Waals surface area contributed by atoms with E-state index in [-0.39, 0.29) is 30.6 Å². The molecule has 0 amide bonds. The molecule has 1 saturated heterocycles. The molecule has 1 aromatic carbocycles. The van der Waals surface area contributed by atoms with Crippen LogP contribution in [0.25, 0.3) is 0 Å². The topological polar surface area (TPSA) is 189 Å². The van der Waals surface area contributed by atoms with Crippen molar-refractivity contribution in [2.45, 2.75) is 95.3 Å². The number of fused-ring (bicyclic) bond motifs is 5.